The molecule has 28 heavy (non-hydrogen) atoms. The van der Waals surface area contributed by atoms with Gasteiger partial charge in [-0.15, -0.1) is 0 Å². The Morgan fingerprint density at radius 1 is 1.21 bits per heavy atom. The van der Waals surface area contributed by atoms with Crippen LogP contribution in [0.5, 0.6) is 0 Å². The van der Waals surface area contributed by atoms with Crippen LogP contribution < -0.4 is 4.90 Å². The Kier molecular flexibility index (Phi) is 5.64. The van der Waals surface area contributed by atoms with Crippen LogP contribution in [0.25, 0.3) is 5.57 Å². The number of carbonyl (C=O) groups excluding carboxylic acids is 2. The molecule has 9 nitrogen and oxygen atoms in total. The second kappa shape index (κ2) is 7.55. The number of halogens is 1. The summed E-state index contributed by atoms with van der Waals surface area (Å²) in [7, 11) is -4.31. The molecule has 1 aromatic carbocycles. The minimum Gasteiger partial charge on any atom is -0.480 e. The number of thioether (sulfide) groups is 1. The molecule has 0 radical (unpaired) electrons. The first kappa shape index (κ1) is 20.9. The number of nitrogens with zero attached hydrogens (tertiary/aromatic N) is 2. The first-order valence-electron chi connectivity index (χ1n) is 7.56. The highest BCUT2D eigenvalue weighted by molar-refractivity contribution is 9.10. The van der Waals surface area contributed by atoms with Crippen LogP contribution in [0.15, 0.2) is 27.6 Å². The standard InChI is InChI=1S/C15H11BrN2O7S3/c16-7-1-2-9-8(5-7)11(13(21)18(9)6-10(19)20)12-14(22)17(15(26)27-12)3-4-28(23,24)25/h1-2,5H,3-4,6H2,(H,19,20)(H,23,24,25)/b12-11-. The number of thiocarbonyl (C=S) groups is 1. The fourth-order valence-electron chi connectivity index (χ4n) is 2.76. The van der Waals surface area contributed by atoms with Crippen molar-refractivity contribution in [2.24, 2.45) is 0 Å². The predicted molar refractivity (Wildman–Crippen MR) is 109 cm³/mol. The fourth-order valence-corrected chi connectivity index (χ4v) is 4.92. The van der Waals surface area contributed by atoms with Gasteiger partial charge in [-0.2, -0.15) is 8.42 Å². The van der Waals surface area contributed by atoms with Crippen molar-refractivity contribution >= 4 is 83.4 Å². The molecule has 2 N–H and O–H groups in total. The monoisotopic (exact) mass is 506 g/mol. The average molecular weight is 507 g/mol. The number of fused-ring (bicyclic) bond motifs is 1. The summed E-state index contributed by atoms with van der Waals surface area (Å²) >= 11 is 9.22. The van der Waals surface area contributed by atoms with Gasteiger partial charge in [0.15, 0.2) is 0 Å². The second-order valence-electron chi connectivity index (χ2n) is 5.76. The van der Waals surface area contributed by atoms with Crippen LogP contribution in [0.4, 0.5) is 5.69 Å². The zero-order valence-corrected chi connectivity index (χ0v) is 17.8. The zero-order valence-electron chi connectivity index (χ0n) is 13.8. The van der Waals surface area contributed by atoms with Crippen molar-refractivity contribution < 1.29 is 32.5 Å². The molecule has 1 fully saturated rings. The molecule has 0 aromatic heterocycles. The number of anilines is 1. The summed E-state index contributed by atoms with van der Waals surface area (Å²) in [5.74, 6) is -3.26. The summed E-state index contributed by atoms with van der Waals surface area (Å²) in [6, 6.07) is 4.79. The van der Waals surface area contributed by atoms with E-state index >= 15 is 0 Å². The molecule has 0 aliphatic carbocycles. The highest BCUT2D eigenvalue weighted by Crippen LogP contribution is 2.45. The first-order chi connectivity index (χ1) is 13.0. The molecular formula is C15H11BrN2O7S3. The van der Waals surface area contributed by atoms with Gasteiger partial charge in [0, 0.05) is 16.6 Å². The van der Waals surface area contributed by atoms with E-state index in [4.69, 9.17) is 21.9 Å². The number of rotatable bonds is 5. The normalized spacial score (nSPS) is 19.6. The minimum atomic E-state index is -4.31. The topological polar surface area (TPSA) is 132 Å². The Morgan fingerprint density at radius 2 is 1.89 bits per heavy atom. The third-order valence-corrected chi connectivity index (χ3v) is 6.56. The molecule has 1 saturated heterocycles. The quantitative estimate of drug-likeness (QED) is 0.344. The van der Waals surface area contributed by atoms with Crippen molar-refractivity contribution in [3.05, 3.63) is 33.1 Å². The van der Waals surface area contributed by atoms with Gasteiger partial charge in [0.05, 0.1) is 21.9 Å². The van der Waals surface area contributed by atoms with Gasteiger partial charge in [0.1, 0.15) is 10.9 Å². The SMILES string of the molecule is O=C(O)CN1C(=O)/C(=C2\SC(=S)N(CCS(=O)(=O)O)C2=O)c2cc(Br)ccc21. The van der Waals surface area contributed by atoms with E-state index in [0.29, 0.717) is 15.7 Å². The number of amides is 2. The number of hydrogen-bond acceptors (Lipinski definition) is 7. The van der Waals surface area contributed by atoms with Gasteiger partial charge in [-0.1, -0.05) is 39.9 Å². The number of benzene rings is 1. The lowest BCUT2D eigenvalue weighted by molar-refractivity contribution is -0.136. The number of carboxylic acids is 1. The van der Waals surface area contributed by atoms with Gasteiger partial charge in [-0.05, 0) is 18.2 Å². The van der Waals surface area contributed by atoms with Crippen molar-refractivity contribution in [2.75, 3.05) is 23.7 Å². The van der Waals surface area contributed by atoms with Gasteiger partial charge < -0.3 is 5.11 Å². The summed E-state index contributed by atoms with van der Waals surface area (Å²) in [4.78, 5) is 38.8. The largest absolute Gasteiger partial charge is 0.480 e. The third-order valence-electron chi connectivity index (χ3n) is 3.92. The molecule has 3 rings (SSSR count). The third kappa shape index (κ3) is 3.98. The molecule has 2 heterocycles. The zero-order chi connectivity index (χ0) is 20.8. The molecule has 2 amide bonds. The van der Waals surface area contributed by atoms with E-state index in [1.807, 2.05) is 0 Å². The number of hydrogen-bond donors (Lipinski definition) is 2. The molecule has 2 aliphatic heterocycles. The van der Waals surface area contributed by atoms with E-state index in [0.717, 1.165) is 21.6 Å². The summed E-state index contributed by atoms with van der Waals surface area (Å²) in [6.45, 7) is -0.946. The summed E-state index contributed by atoms with van der Waals surface area (Å²) in [6.07, 6.45) is 0. The molecule has 0 unspecified atom stereocenters. The van der Waals surface area contributed by atoms with E-state index in [1.54, 1.807) is 18.2 Å². The molecular weight excluding hydrogens is 496 g/mol. The van der Waals surface area contributed by atoms with Gasteiger partial charge in [-0.3, -0.25) is 28.7 Å². The van der Waals surface area contributed by atoms with Gasteiger partial charge in [0.2, 0.25) is 0 Å². The maximum atomic E-state index is 12.9. The van der Waals surface area contributed by atoms with E-state index < -0.39 is 40.2 Å². The maximum Gasteiger partial charge on any atom is 0.323 e. The summed E-state index contributed by atoms with van der Waals surface area (Å²) in [5, 5.41) is 9.10. The molecule has 0 atom stereocenters. The Balaban J connectivity index is 2.07. The summed E-state index contributed by atoms with van der Waals surface area (Å²) in [5.41, 5.74) is 0.717. The van der Waals surface area contributed by atoms with Crippen LogP contribution in [0, 0.1) is 0 Å². The maximum absolute atomic E-state index is 12.9. The lowest BCUT2D eigenvalue weighted by Gasteiger charge is -2.14. The summed E-state index contributed by atoms with van der Waals surface area (Å²) < 4.78 is 31.5. The second-order valence-corrected chi connectivity index (χ2v) is 9.89. The smallest absolute Gasteiger partial charge is 0.323 e. The van der Waals surface area contributed by atoms with Crippen LogP contribution in [0.3, 0.4) is 0 Å². The van der Waals surface area contributed by atoms with Crippen molar-refractivity contribution in [1.82, 2.24) is 4.90 Å². The lowest BCUT2D eigenvalue weighted by Crippen LogP contribution is -2.34. The molecule has 1 aromatic rings. The van der Waals surface area contributed by atoms with E-state index in [9.17, 15) is 22.8 Å². The van der Waals surface area contributed by atoms with Crippen LogP contribution in [0.1, 0.15) is 5.56 Å². The van der Waals surface area contributed by atoms with Crippen LogP contribution in [-0.4, -0.2) is 63.9 Å². The highest BCUT2D eigenvalue weighted by Gasteiger charge is 2.42. The fraction of sp³-hybridized carbons (Fsp3) is 0.200. The minimum absolute atomic E-state index is 0.00394. The molecule has 2 aliphatic rings. The van der Waals surface area contributed by atoms with Crippen molar-refractivity contribution in [3.8, 4) is 0 Å². The van der Waals surface area contributed by atoms with Crippen molar-refractivity contribution in [3.63, 3.8) is 0 Å². The molecule has 13 heteroatoms. The van der Waals surface area contributed by atoms with Crippen LogP contribution in [0.2, 0.25) is 0 Å². The molecule has 148 valence electrons. The molecule has 0 saturated carbocycles. The predicted octanol–water partition coefficient (Wildman–Crippen LogP) is 1.34. The van der Waals surface area contributed by atoms with E-state index in [-0.39, 0.29) is 21.3 Å². The van der Waals surface area contributed by atoms with Gasteiger partial charge >= 0.3 is 5.97 Å². The van der Waals surface area contributed by atoms with Crippen LogP contribution >= 0.6 is 39.9 Å². The van der Waals surface area contributed by atoms with E-state index in [1.165, 1.54) is 0 Å². The molecule has 0 bridgehead atoms. The Labute approximate surface area is 177 Å². The average Bonchev–Trinajstić information content (AvgIpc) is 2.98. The first-order valence-corrected chi connectivity index (χ1v) is 11.2. The van der Waals surface area contributed by atoms with E-state index in [2.05, 4.69) is 15.9 Å². The van der Waals surface area contributed by atoms with Gasteiger partial charge in [0.25, 0.3) is 21.9 Å². The highest BCUT2D eigenvalue weighted by atomic mass is 79.9. The van der Waals surface area contributed by atoms with Gasteiger partial charge in [-0.25, -0.2) is 0 Å². The number of aliphatic carboxylic acids is 1. The van der Waals surface area contributed by atoms with Crippen LogP contribution in [-0.2, 0) is 24.5 Å². The molecule has 0 spiro atoms. The van der Waals surface area contributed by atoms with Crippen molar-refractivity contribution in [2.45, 2.75) is 0 Å². The Bertz CT molecular complexity index is 1070. The Hall–Kier alpha value is -1.80. The van der Waals surface area contributed by atoms with Crippen molar-refractivity contribution in [1.29, 1.82) is 0 Å². The Morgan fingerprint density at radius 3 is 2.50 bits per heavy atom. The number of carboxylic acid groups (broad SMARTS) is 1. The lowest BCUT2D eigenvalue weighted by atomic mass is 10.1. The number of carbonyl (C=O) groups is 3.